The van der Waals surface area contributed by atoms with Crippen molar-refractivity contribution in [1.82, 2.24) is 18.3 Å². The lowest BCUT2D eigenvalue weighted by atomic mass is 10.2. The van der Waals surface area contributed by atoms with Gasteiger partial charge >= 0.3 is 0 Å². The number of aromatic nitrogens is 8. The molecule has 1 aliphatic heterocycles. The van der Waals surface area contributed by atoms with E-state index >= 15 is 0 Å². The Bertz CT molecular complexity index is 1490. The molecular weight excluding hydrogens is 496 g/mol. The maximum absolute atomic E-state index is 2.28. The average molecular weight is 533 g/mol. The molecule has 0 N–H and O–H groups in total. The summed E-state index contributed by atoms with van der Waals surface area (Å²) in [7, 11) is 0. The van der Waals surface area contributed by atoms with Gasteiger partial charge in [-0.05, 0) is 49.9 Å². The minimum Gasteiger partial charge on any atom is -0.236 e. The van der Waals surface area contributed by atoms with E-state index in [0.29, 0.717) is 0 Å². The van der Waals surface area contributed by atoms with Crippen LogP contribution in [0.3, 0.4) is 0 Å². The number of imidazole rings is 4. The predicted octanol–water partition coefficient (Wildman–Crippen LogP) is 3.27. The van der Waals surface area contributed by atoms with Gasteiger partial charge in [0.1, 0.15) is 72.3 Å². The van der Waals surface area contributed by atoms with Gasteiger partial charge < -0.3 is 0 Å². The van der Waals surface area contributed by atoms with Crippen molar-refractivity contribution in [2.75, 3.05) is 0 Å². The topological polar surface area (TPSA) is 35.2 Å². The number of rotatable bonds is 0. The van der Waals surface area contributed by atoms with E-state index in [4.69, 9.17) is 0 Å². The summed E-state index contributed by atoms with van der Waals surface area (Å²) in [5, 5.41) is 0. The molecule has 40 heavy (non-hydrogen) atoms. The van der Waals surface area contributed by atoms with Crippen LogP contribution < -0.4 is 18.3 Å². The molecule has 8 nitrogen and oxygen atoms in total. The number of hydrogen-bond donors (Lipinski definition) is 0. The van der Waals surface area contributed by atoms with Crippen LogP contribution in [0, 0.1) is 0 Å². The zero-order chi connectivity index (χ0) is 26.7. The summed E-state index contributed by atoms with van der Waals surface area (Å²) in [6.07, 6.45) is 30.6. The van der Waals surface area contributed by atoms with E-state index < -0.39 is 0 Å². The Morgan fingerprint density at radius 3 is 0.950 bits per heavy atom. The Kier molecular flexibility index (Phi) is 6.57. The highest BCUT2D eigenvalue weighted by atomic mass is 15.1. The van der Waals surface area contributed by atoms with Crippen LogP contribution in [0.4, 0.5) is 0 Å². The van der Waals surface area contributed by atoms with Gasteiger partial charge in [0.25, 0.3) is 0 Å². The summed E-state index contributed by atoms with van der Waals surface area (Å²) >= 11 is 0. The van der Waals surface area contributed by atoms with Gasteiger partial charge in [-0.2, -0.15) is 0 Å². The fourth-order valence-electron chi connectivity index (χ4n) is 5.52. The molecule has 6 aromatic rings. The first-order valence-electron chi connectivity index (χ1n) is 14.3. The molecule has 7 rings (SSSR count). The van der Waals surface area contributed by atoms with Crippen LogP contribution in [-0.4, -0.2) is 18.3 Å². The van der Waals surface area contributed by atoms with Gasteiger partial charge in [-0.3, -0.25) is 0 Å². The van der Waals surface area contributed by atoms with Crippen LogP contribution in [0.15, 0.2) is 123 Å². The van der Waals surface area contributed by atoms with Crippen molar-refractivity contribution in [3.63, 3.8) is 0 Å². The molecule has 0 unspecified atom stereocenters. The highest BCUT2D eigenvalue weighted by molar-refractivity contribution is 5.44. The maximum atomic E-state index is 2.28. The smallest absolute Gasteiger partial charge is 0.236 e. The van der Waals surface area contributed by atoms with Gasteiger partial charge in [-0.1, -0.05) is 12.1 Å². The summed E-state index contributed by atoms with van der Waals surface area (Å²) in [5.41, 5.74) is 4.68. The predicted molar refractivity (Wildman–Crippen MR) is 149 cm³/mol. The third-order valence-electron chi connectivity index (χ3n) is 7.78. The molecule has 200 valence electrons. The van der Waals surface area contributed by atoms with Crippen molar-refractivity contribution in [3.05, 3.63) is 123 Å². The van der Waals surface area contributed by atoms with Crippen LogP contribution in [0.2, 0.25) is 0 Å². The van der Waals surface area contributed by atoms with Gasteiger partial charge in [-0.15, -0.1) is 0 Å². The van der Waals surface area contributed by atoms with E-state index in [2.05, 4.69) is 160 Å². The molecule has 8 heteroatoms. The minimum atomic E-state index is 1.00. The van der Waals surface area contributed by atoms with Crippen LogP contribution >= 0.6 is 0 Å². The van der Waals surface area contributed by atoms with E-state index in [9.17, 15) is 0 Å². The van der Waals surface area contributed by atoms with E-state index in [1.54, 1.807) is 0 Å². The Morgan fingerprint density at radius 1 is 0.400 bits per heavy atom. The SMILES string of the molecule is c1cc2cc(c1)-n1cc[n+](c1)CCCC[n+]1ccn(c1)-c1cccc(c1)-n1cc[n+](c1)CCCC[n+]1ccn-2c1. The van der Waals surface area contributed by atoms with Crippen molar-refractivity contribution >= 4 is 0 Å². The molecule has 1 aliphatic rings. The molecule has 0 saturated carbocycles. The first kappa shape index (κ1) is 24.3. The van der Waals surface area contributed by atoms with E-state index in [1.807, 2.05) is 0 Å². The molecule has 5 heterocycles. The minimum absolute atomic E-state index is 1.00. The van der Waals surface area contributed by atoms with E-state index in [-0.39, 0.29) is 0 Å². The highest BCUT2D eigenvalue weighted by Gasteiger charge is 2.14. The van der Waals surface area contributed by atoms with E-state index in [0.717, 1.165) is 51.9 Å². The fraction of sp³-hybridized carbons (Fsp3) is 0.250. The van der Waals surface area contributed by atoms with Gasteiger partial charge in [0.05, 0.1) is 26.2 Å². The van der Waals surface area contributed by atoms with Crippen molar-refractivity contribution in [2.45, 2.75) is 51.9 Å². The normalized spacial score (nSPS) is 14.2. The molecule has 0 atom stereocenters. The Labute approximate surface area is 234 Å². The third kappa shape index (κ3) is 5.25. The first-order chi connectivity index (χ1) is 19.8. The fourth-order valence-corrected chi connectivity index (χ4v) is 5.52. The number of nitrogens with zero attached hydrogens (tertiary/aromatic N) is 8. The van der Waals surface area contributed by atoms with Crippen molar-refractivity contribution < 1.29 is 18.3 Å². The molecule has 12 bridgehead atoms. The number of benzene rings is 2. The Hall–Kier alpha value is -4.72. The van der Waals surface area contributed by atoms with Gasteiger partial charge in [0.2, 0.25) is 25.3 Å². The summed E-state index contributed by atoms with van der Waals surface area (Å²) in [6.45, 7) is 4.02. The number of aryl methyl sites for hydroxylation is 4. The zero-order valence-electron chi connectivity index (χ0n) is 22.8. The molecular formula is C32H36N8+4. The van der Waals surface area contributed by atoms with Crippen LogP contribution in [0.1, 0.15) is 25.7 Å². The van der Waals surface area contributed by atoms with Crippen LogP contribution in [-0.2, 0) is 26.2 Å². The average Bonchev–Trinajstić information content (AvgIpc) is 3.81. The number of fused-ring (bicyclic) bond motifs is 16. The first-order valence-corrected chi connectivity index (χ1v) is 14.3. The van der Waals surface area contributed by atoms with Gasteiger partial charge in [0, 0.05) is 12.1 Å². The standard InChI is InChI=1S/C32H36N8/c1-2-12-34-16-20-38(26-34)30-8-6-10-32(24-30)40-22-18-36(28-40)14-4-3-13-35-17-21-39(27-35)31-9-5-7-29(23-31)37-19-15-33(11-1)25-37/h5-10,15-28H,1-4,11-14H2/q+4. The molecule has 0 spiro atoms. The lowest BCUT2D eigenvalue weighted by Crippen LogP contribution is -2.34. The second-order valence-corrected chi connectivity index (χ2v) is 10.7. The molecule has 0 amide bonds. The van der Waals surface area contributed by atoms with Crippen LogP contribution in [0.25, 0.3) is 22.7 Å². The van der Waals surface area contributed by atoms with E-state index in [1.165, 1.54) is 22.7 Å². The van der Waals surface area contributed by atoms with Crippen LogP contribution in [0.5, 0.6) is 0 Å². The summed E-state index contributed by atoms with van der Waals surface area (Å²) in [4.78, 5) is 0. The largest absolute Gasteiger partial charge is 0.248 e. The van der Waals surface area contributed by atoms with Crippen molar-refractivity contribution in [2.24, 2.45) is 0 Å². The summed E-state index contributed by atoms with van der Waals surface area (Å²) in [5.74, 6) is 0. The lowest BCUT2D eigenvalue weighted by Gasteiger charge is -2.01. The lowest BCUT2D eigenvalue weighted by molar-refractivity contribution is -0.707. The molecule has 0 radical (unpaired) electrons. The second-order valence-electron chi connectivity index (χ2n) is 10.7. The Morgan fingerprint density at radius 2 is 0.675 bits per heavy atom. The summed E-state index contributed by atoms with van der Waals surface area (Å²) in [6, 6.07) is 17.4. The third-order valence-corrected chi connectivity index (χ3v) is 7.78. The zero-order valence-corrected chi connectivity index (χ0v) is 22.8. The molecule has 4 aromatic heterocycles. The maximum Gasteiger partial charge on any atom is 0.248 e. The molecule has 0 fully saturated rings. The molecule has 0 aliphatic carbocycles. The van der Waals surface area contributed by atoms with Crippen molar-refractivity contribution in [3.8, 4) is 22.7 Å². The second kappa shape index (κ2) is 10.8. The summed E-state index contributed by atoms with van der Waals surface area (Å²) < 4.78 is 18.0. The monoisotopic (exact) mass is 532 g/mol. The van der Waals surface area contributed by atoms with Gasteiger partial charge in [-0.25, -0.2) is 36.5 Å². The Balaban J connectivity index is 1.14. The quantitative estimate of drug-likeness (QED) is 0.269. The highest BCUT2D eigenvalue weighted by Crippen LogP contribution is 2.15. The number of hydrogen-bond acceptors (Lipinski definition) is 0. The molecule has 0 saturated heterocycles. The van der Waals surface area contributed by atoms with Crippen molar-refractivity contribution in [1.29, 1.82) is 0 Å². The molecule has 2 aromatic carbocycles. The van der Waals surface area contributed by atoms with Gasteiger partial charge in [0.15, 0.2) is 0 Å².